The maximum atomic E-state index is 5.88. The second-order valence-corrected chi connectivity index (χ2v) is 4.88. The molecule has 0 N–H and O–H groups in total. The van der Waals surface area contributed by atoms with Gasteiger partial charge in [-0.25, -0.2) is 9.97 Å². The summed E-state index contributed by atoms with van der Waals surface area (Å²) in [7, 11) is 0. The van der Waals surface area contributed by atoms with Crippen molar-refractivity contribution in [3.8, 4) is 0 Å². The van der Waals surface area contributed by atoms with E-state index < -0.39 is 0 Å². The molecule has 1 aromatic heterocycles. The lowest BCUT2D eigenvalue weighted by atomic mass is 9.96. The predicted octanol–water partition coefficient (Wildman–Crippen LogP) is 2.81. The Hall–Kier alpha value is -0.830. The highest BCUT2D eigenvalue weighted by Crippen LogP contribution is 2.27. The molecule has 1 aliphatic rings. The summed E-state index contributed by atoms with van der Waals surface area (Å²) in [6.07, 6.45) is 7.56. The van der Waals surface area contributed by atoms with Gasteiger partial charge in [0.05, 0.1) is 0 Å². The Kier molecular flexibility index (Phi) is 4.60. The zero-order valence-corrected chi connectivity index (χ0v) is 11.2. The molecule has 3 nitrogen and oxygen atoms in total. The predicted molar refractivity (Wildman–Crippen MR) is 71.9 cm³/mol. The molecule has 0 aromatic carbocycles. The summed E-state index contributed by atoms with van der Waals surface area (Å²) in [5.41, 5.74) is 2.61. The van der Waals surface area contributed by atoms with Crippen LogP contribution in [0.2, 0.25) is 0 Å². The number of nitrogens with zero attached hydrogens (tertiary/aromatic N) is 3. The van der Waals surface area contributed by atoms with Crippen molar-refractivity contribution >= 4 is 17.4 Å². The quantitative estimate of drug-likeness (QED) is 0.756. The molecule has 0 amide bonds. The Morgan fingerprint density at radius 2 is 2.06 bits per heavy atom. The second kappa shape index (κ2) is 6.20. The van der Waals surface area contributed by atoms with E-state index in [1.807, 2.05) is 0 Å². The molecule has 0 spiro atoms. The molecule has 17 heavy (non-hydrogen) atoms. The minimum atomic E-state index is 0.652. The van der Waals surface area contributed by atoms with E-state index in [0.717, 1.165) is 38.2 Å². The first-order valence-electron chi connectivity index (χ1n) is 6.50. The van der Waals surface area contributed by atoms with Crippen LogP contribution in [0.4, 0.5) is 5.82 Å². The van der Waals surface area contributed by atoms with Gasteiger partial charge in [-0.05, 0) is 32.1 Å². The monoisotopic (exact) mass is 253 g/mol. The van der Waals surface area contributed by atoms with Crippen molar-refractivity contribution in [2.45, 2.75) is 39.0 Å². The van der Waals surface area contributed by atoms with Crippen molar-refractivity contribution in [2.24, 2.45) is 0 Å². The van der Waals surface area contributed by atoms with Gasteiger partial charge in [-0.3, -0.25) is 0 Å². The van der Waals surface area contributed by atoms with Crippen LogP contribution in [0.25, 0.3) is 0 Å². The third-order valence-electron chi connectivity index (χ3n) is 3.25. The third-order valence-corrected chi connectivity index (χ3v) is 3.42. The van der Waals surface area contributed by atoms with Gasteiger partial charge < -0.3 is 4.90 Å². The van der Waals surface area contributed by atoms with Gasteiger partial charge in [-0.1, -0.05) is 6.92 Å². The van der Waals surface area contributed by atoms with E-state index >= 15 is 0 Å². The largest absolute Gasteiger partial charge is 0.355 e. The number of aryl methyl sites for hydroxylation is 1. The maximum absolute atomic E-state index is 5.88. The number of rotatable bonds is 5. The highest BCUT2D eigenvalue weighted by molar-refractivity contribution is 6.18. The van der Waals surface area contributed by atoms with Crippen LogP contribution in [0.1, 0.15) is 37.4 Å². The Morgan fingerprint density at radius 1 is 1.24 bits per heavy atom. The smallest absolute Gasteiger partial charge is 0.135 e. The lowest BCUT2D eigenvalue weighted by Crippen LogP contribution is -2.29. The Balaban J connectivity index is 2.28. The van der Waals surface area contributed by atoms with Crippen LogP contribution in [0.15, 0.2) is 6.33 Å². The number of hydrogen-bond donors (Lipinski definition) is 0. The van der Waals surface area contributed by atoms with Crippen LogP contribution in [0, 0.1) is 0 Å². The number of fused-ring (bicyclic) bond motifs is 1. The van der Waals surface area contributed by atoms with E-state index in [9.17, 15) is 0 Å². The van der Waals surface area contributed by atoms with Crippen molar-refractivity contribution in [1.29, 1.82) is 0 Å². The fraction of sp³-hybridized carbons (Fsp3) is 0.692. The van der Waals surface area contributed by atoms with Crippen molar-refractivity contribution in [2.75, 3.05) is 23.9 Å². The van der Waals surface area contributed by atoms with Crippen LogP contribution in [-0.4, -0.2) is 28.9 Å². The van der Waals surface area contributed by atoms with Crippen LogP contribution >= 0.6 is 11.6 Å². The van der Waals surface area contributed by atoms with Crippen LogP contribution in [0.5, 0.6) is 0 Å². The highest BCUT2D eigenvalue weighted by Gasteiger charge is 2.18. The van der Waals surface area contributed by atoms with E-state index in [-0.39, 0.29) is 0 Å². The van der Waals surface area contributed by atoms with E-state index in [1.54, 1.807) is 6.33 Å². The molecule has 0 fully saturated rings. The van der Waals surface area contributed by atoms with Gasteiger partial charge in [0, 0.05) is 30.2 Å². The number of aromatic nitrogens is 2. The topological polar surface area (TPSA) is 29.0 Å². The Morgan fingerprint density at radius 3 is 2.82 bits per heavy atom. The minimum absolute atomic E-state index is 0.652. The van der Waals surface area contributed by atoms with Crippen LogP contribution in [0.3, 0.4) is 0 Å². The molecule has 0 radical (unpaired) electrons. The van der Waals surface area contributed by atoms with E-state index in [4.69, 9.17) is 11.6 Å². The summed E-state index contributed by atoms with van der Waals surface area (Å²) in [5.74, 6) is 1.77. The average molecular weight is 254 g/mol. The second-order valence-electron chi connectivity index (χ2n) is 4.51. The molecule has 2 rings (SSSR count). The molecule has 0 unspecified atom stereocenters. The normalized spacial score (nSPS) is 14.5. The van der Waals surface area contributed by atoms with Gasteiger partial charge in [-0.2, -0.15) is 0 Å². The summed E-state index contributed by atoms with van der Waals surface area (Å²) in [4.78, 5) is 11.2. The SMILES string of the molecule is CCCN(CCCl)c1ncnc2c1CCCC2. The summed E-state index contributed by atoms with van der Waals surface area (Å²) in [6.45, 7) is 4.09. The molecule has 0 atom stereocenters. The number of alkyl halides is 1. The van der Waals surface area contributed by atoms with Crippen molar-refractivity contribution in [3.63, 3.8) is 0 Å². The van der Waals surface area contributed by atoms with Gasteiger partial charge in [0.2, 0.25) is 0 Å². The van der Waals surface area contributed by atoms with Crippen LogP contribution in [-0.2, 0) is 12.8 Å². The van der Waals surface area contributed by atoms with Gasteiger partial charge in [0.1, 0.15) is 12.1 Å². The number of hydrogen-bond acceptors (Lipinski definition) is 3. The maximum Gasteiger partial charge on any atom is 0.135 e. The van der Waals surface area contributed by atoms with Crippen molar-refractivity contribution < 1.29 is 0 Å². The molecule has 1 heterocycles. The van der Waals surface area contributed by atoms with Crippen molar-refractivity contribution in [1.82, 2.24) is 9.97 Å². The Labute approximate surface area is 108 Å². The summed E-state index contributed by atoms with van der Waals surface area (Å²) >= 11 is 5.88. The van der Waals surface area contributed by atoms with Gasteiger partial charge in [-0.15, -0.1) is 11.6 Å². The molecule has 0 bridgehead atoms. The summed E-state index contributed by atoms with van der Waals surface area (Å²) in [6, 6.07) is 0. The highest BCUT2D eigenvalue weighted by atomic mass is 35.5. The zero-order valence-electron chi connectivity index (χ0n) is 10.5. The number of anilines is 1. The molecule has 0 aliphatic heterocycles. The van der Waals surface area contributed by atoms with Gasteiger partial charge in [0.25, 0.3) is 0 Å². The van der Waals surface area contributed by atoms with E-state index in [0.29, 0.717) is 5.88 Å². The van der Waals surface area contributed by atoms with Gasteiger partial charge in [0.15, 0.2) is 0 Å². The average Bonchev–Trinajstić information content (AvgIpc) is 2.38. The summed E-state index contributed by atoms with van der Waals surface area (Å²) in [5, 5.41) is 0. The Bertz CT molecular complexity index is 362. The van der Waals surface area contributed by atoms with E-state index in [2.05, 4.69) is 21.8 Å². The zero-order chi connectivity index (χ0) is 12.1. The molecule has 0 saturated carbocycles. The molecule has 1 aromatic rings. The molecule has 0 saturated heterocycles. The lowest BCUT2D eigenvalue weighted by molar-refractivity contribution is 0.653. The fourth-order valence-electron chi connectivity index (χ4n) is 2.47. The minimum Gasteiger partial charge on any atom is -0.355 e. The van der Waals surface area contributed by atoms with Gasteiger partial charge >= 0.3 is 0 Å². The first-order chi connectivity index (χ1) is 8.36. The molecular formula is C13H20ClN3. The molecule has 1 aliphatic carbocycles. The molecule has 94 valence electrons. The first-order valence-corrected chi connectivity index (χ1v) is 7.04. The fourth-order valence-corrected chi connectivity index (χ4v) is 2.68. The number of halogens is 1. The lowest BCUT2D eigenvalue weighted by Gasteiger charge is -2.27. The molecule has 4 heteroatoms. The first kappa shape index (κ1) is 12.6. The molecular weight excluding hydrogens is 234 g/mol. The van der Waals surface area contributed by atoms with E-state index in [1.165, 1.54) is 24.1 Å². The van der Waals surface area contributed by atoms with Crippen molar-refractivity contribution in [3.05, 3.63) is 17.6 Å². The third kappa shape index (κ3) is 2.89. The standard InChI is InChI=1S/C13H20ClN3/c1-2-8-17(9-7-14)13-11-5-3-4-6-12(11)15-10-16-13/h10H,2-9H2,1H3. The van der Waals surface area contributed by atoms with Crippen LogP contribution < -0.4 is 4.90 Å². The summed E-state index contributed by atoms with van der Waals surface area (Å²) < 4.78 is 0.